The molecule has 2 unspecified atom stereocenters. The molecule has 0 spiro atoms. The number of halogens is 4. The van der Waals surface area contributed by atoms with Crippen LogP contribution in [0.5, 0.6) is 11.5 Å². The molecule has 2 aromatic rings. The first-order valence-corrected chi connectivity index (χ1v) is 17.5. The Bertz CT molecular complexity index is 1030. The molecule has 2 atom stereocenters. The van der Waals surface area contributed by atoms with Crippen molar-refractivity contribution in [3.63, 3.8) is 0 Å². The Labute approximate surface area is 267 Å². The van der Waals surface area contributed by atoms with Crippen LogP contribution in [0.2, 0.25) is 0 Å². The van der Waals surface area contributed by atoms with E-state index >= 15 is 0 Å². The highest BCUT2D eigenvalue weighted by molar-refractivity contribution is 6.18. The van der Waals surface area contributed by atoms with Crippen LogP contribution in [0.25, 0.3) is 0 Å². The Kier molecular flexibility index (Phi) is 12.7. The average molecular weight is 645 g/mol. The molecule has 2 bridgehead atoms. The molecule has 0 aliphatic carbocycles. The molecule has 0 radical (unpaired) electrons. The molecule has 41 heavy (non-hydrogen) atoms. The van der Waals surface area contributed by atoms with Gasteiger partial charge in [0, 0.05) is 23.5 Å². The lowest BCUT2D eigenvalue weighted by atomic mass is 9.84. The Hall–Kier alpha value is -0.840. The third-order valence-electron chi connectivity index (χ3n) is 8.47. The van der Waals surface area contributed by atoms with E-state index in [0.717, 1.165) is 74.0 Å². The van der Waals surface area contributed by atoms with Gasteiger partial charge in [0.1, 0.15) is 11.5 Å². The summed E-state index contributed by atoms with van der Waals surface area (Å²) in [5.41, 5.74) is 6.96. The fourth-order valence-corrected chi connectivity index (χ4v) is 6.87. The molecule has 0 saturated carbocycles. The van der Waals surface area contributed by atoms with Crippen LogP contribution < -0.4 is 9.47 Å². The first kappa shape index (κ1) is 33.1. The summed E-state index contributed by atoms with van der Waals surface area (Å²) in [6, 6.07) is 9.17. The number of benzene rings is 2. The van der Waals surface area contributed by atoms with Crippen molar-refractivity contribution in [1.82, 2.24) is 0 Å². The molecule has 2 heterocycles. The van der Waals surface area contributed by atoms with Crippen LogP contribution in [0, 0.1) is 0 Å². The Morgan fingerprint density at radius 1 is 0.561 bits per heavy atom. The molecule has 3 nitrogen and oxygen atoms in total. The van der Waals surface area contributed by atoms with Gasteiger partial charge in [-0.2, -0.15) is 0 Å². The number of alkyl halides is 4. The second-order valence-corrected chi connectivity index (χ2v) is 13.6. The lowest BCUT2D eigenvalue weighted by Crippen LogP contribution is -2.32. The zero-order valence-electron chi connectivity index (χ0n) is 25.0. The summed E-state index contributed by atoms with van der Waals surface area (Å²) >= 11 is 24.4. The molecule has 0 N–H and O–H groups in total. The summed E-state index contributed by atoms with van der Waals surface area (Å²) in [7, 11) is 0. The lowest BCUT2D eigenvalue weighted by molar-refractivity contribution is -0.228. The molecule has 0 fully saturated rings. The van der Waals surface area contributed by atoms with Crippen LogP contribution in [-0.4, -0.2) is 23.5 Å². The highest BCUT2D eigenvalue weighted by Gasteiger charge is 2.41. The molecule has 2 aromatic carbocycles. The lowest BCUT2D eigenvalue weighted by Gasteiger charge is -2.41. The molecule has 0 saturated heterocycles. The van der Waals surface area contributed by atoms with E-state index in [4.69, 9.17) is 60.6 Å². The van der Waals surface area contributed by atoms with E-state index in [9.17, 15) is 0 Å². The summed E-state index contributed by atoms with van der Waals surface area (Å²) < 4.78 is 20.0. The minimum absolute atomic E-state index is 0.289. The zero-order valence-corrected chi connectivity index (χ0v) is 28.0. The molecule has 228 valence electrons. The maximum Gasteiger partial charge on any atom is 0.233 e. The van der Waals surface area contributed by atoms with Crippen molar-refractivity contribution < 1.29 is 14.2 Å². The first-order chi connectivity index (χ1) is 19.8. The van der Waals surface area contributed by atoms with E-state index in [1.165, 1.54) is 22.3 Å². The number of hydrogen-bond acceptors (Lipinski definition) is 3. The second kappa shape index (κ2) is 15.8. The molecule has 0 aromatic heterocycles. The highest BCUT2D eigenvalue weighted by atomic mass is 35.5. The van der Waals surface area contributed by atoms with E-state index in [0.29, 0.717) is 35.4 Å². The molecule has 7 heteroatoms. The quantitative estimate of drug-likeness (QED) is 0.170. The maximum absolute atomic E-state index is 6.76. The van der Waals surface area contributed by atoms with E-state index in [1.54, 1.807) is 0 Å². The molecule has 0 amide bonds. The van der Waals surface area contributed by atoms with Crippen molar-refractivity contribution in [2.24, 2.45) is 0 Å². The number of hydrogen-bond donors (Lipinski definition) is 0. The molecular formula is C34H46Cl4O3. The van der Waals surface area contributed by atoms with Crippen LogP contribution >= 0.6 is 46.4 Å². The van der Waals surface area contributed by atoms with Gasteiger partial charge in [-0.1, -0.05) is 39.8 Å². The van der Waals surface area contributed by atoms with Crippen LogP contribution in [0.4, 0.5) is 0 Å². The van der Waals surface area contributed by atoms with E-state index in [1.807, 2.05) is 0 Å². The van der Waals surface area contributed by atoms with Gasteiger partial charge < -0.3 is 9.47 Å². The third-order valence-corrected chi connectivity index (χ3v) is 9.54. The van der Waals surface area contributed by atoms with Gasteiger partial charge in [-0.3, -0.25) is 4.74 Å². The molecule has 4 rings (SSSR count). The van der Waals surface area contributed by atoms with Crippen molar-refractivity contribution in [1.29, 1.82) is 0 Å². The van der Waals surface area contributed by atoms with Gasteiger partial charge in [0.25, 0.3) is 0 Å². The van der Waals surface area contributed by atoms with E-state index in [-0.39, 0.29) is 11.8 Å². The van der Waals surface area contributed by atoms with Crippen molar-refractivity contribution >= 4 is 46.4 Å². The van der Waals surface area contributed by atoms with Gasteiger partial charge in [0.2, 0.25) is 12.6 Å². The maximum atomic E-state index is 6.76. The van der Waals surface area contributed by atoms with E-state index < -0.39 is 12.6 Å². The summed E-state index contributed by atoms with van der Waals surface area (Å²) in [5, 5.41) is 0. The van der Waals surface area contributed by atoms with Crippen LogP contribution in [-0.2, 0) is 4.74 Å². The summed E-state index contributed by atoms with van der Waals surface area (Å²) in [4.78, 5) is 0. The van der Waals surface area contributed by atoms with Gasteiger partial charge in [-0.15, -0.1) is 46.4 Å². The summed E-state index contributed by atoms with van der Waals surface area (Å²) in [6.45, 7) is 8.90. The molecular weight excluding hydrogens is 598 g/mol. The summed E-state index contributed by atoms with van der Waals surface area (Å²) in [6.07, 6.45) is 7.00. The Morgan fingerprint density at radius 2 is 0.902 bits per heavy atom. The van der Waals surface area contributed by atoms with Crippen molar-refractivity contribution in [3.05, 3.63) is 57.6 Å². The van der Waals surface area contributed by atoms with Crippen LogP contribution in [0.15, 0.2) is 24.3 Å². The highest BCUT2D eigenvalue weighted by Crippen LogP contribution is 2.53. The summed E-state index contributed by atoms with van der Waals surface area (Å²) in [5.74, 6) is 5.80. The Morgan fingerprint density at radius 3 is 1.20 bits per heavy atom. The van der Waals surface area contributed by atoms with Crippen molar-refractivity contribution in [2.75, 3.05) is 23.5 Å². The minimum Gasteiger partial charge on any atom is -0.459 e. The van der Waals surface area contributed by atoms with Gasteiger partial charge >= 0.3 is 0 Å². The van der Waals surface area contributed by atoms with Gasteiger partial charge in [-0.25, -0.2) is 0 Å². The zero-order chi connectivity index (χ0) is 29.5. The fourth-order valence-electron chi connectivity index (χ4n) is 6.25. The normalized spacial score (nSPS) is 17.7. The largest absolute Gasteiger partial charge is 0.459 e. The van der Waals surface area contributed by atoms with Gasteiger partial charge in [-0.05, 0) is 109 Å². The van der Waals surface area contributed by atoms with E-state index in [2.05, 4.69) is 52.0 Å². The number of fused-ring (bicyclic) bond motifs is 6. The standard InChI is InChI=1S/C34H46Cl4O3/c1-21(2)27-17-25(23(9-5-13-35)10-6-14-36)19-29-31(27)39-34-30-20-26(24(11-7-15-37)12-8-16-38)18-28(22(3)4)32(30)40-33(29)41-34/h17-24,33-34H,5-16H2,1-4H3. The van der Waals surface area contributed by atoms with Crippen molar-refractivity contribution in [2.45, 2.75) is 115 Å². The van der Waals surface area contributed by atoms with Crippen LogP contribution in [0.3, 0.4) is 0 Å². The molecule has 2 aliphatic rings. The SMILES string of the molecule is CC(C)c1cc(C(CCCCl)CCCCl)cc2c1OC1OC2Oc2c(C(C)C)cc(C(CCCCl)CCCCl)cc21. The topological polar surface area (TPSA) is 27.7 Å². The van der Waals surface area contributed by atoms with Gasteiger partial charge in [0.05, 0.1) is 11.1 Å². The monoisotopic (exact) mass is 642 g/mol. The fraction of sp³-hybridized carbons (Fsp3) is 0.647. The number of rotatable bonds is 16. The third kappa shape index (κ3) is 7.82. The van der Waals surface area contributed by atoms with Crippen molar-refractivity contribution in [3.8, 4) is 11.5 Å². The smallest absolute Gasteiger partial charge is 0.233 e. The predicted octanol–water partition coefficient (Wildman–Crippen LogP) is 11.7. The minimum atomic E-state index is -0.512. The van der Waals surface area contributed by atoms with Crippen LogP contribution in [0.1, 0.15) is 149 Å². The second-order valence-electron chi connectivity index (χ2n) is 12.1. The average Bonchev–Trinajstić information content (AvgIpc) is 2.96. The Balaban J connectivity index is 1.76. The van der Waals surface area contributed by atoms with Gasteiger partial charge in [0.15, 0.2) is 0 Å². The number of ether oxygens (including phenoxy) is 3. The first-order valence-electron chi connectivity index (χ1n) is 15.4. The predicted molar refractivity (Wildman–Crippen MR) is 174 cm³/mol. The molecule has 2 aliphatic heterocycles.